The van der Waals surface area contributed by atoms with Crippen LogP contribution in [0.3, 0.4) is 0 Å². The first-order valence-corrected chi connectivity index (χ1v) is 8.62. The van der Waals surface area contributed by atoms with Crippen LogP contribution in [0.4, 0.5) is 15.8 Å². The molecule has 0 aromatic heterocycles. The summed E-state index contributed by atoms with van der Waals surface area (Å²) in [6.45, 7) is 0.608. The maximum atomic E-state index is 13.1. The first kappa shape index (κ1) is 18.2. The molecular weight excluding hydrogens is 359 g/mol. The van der Waals surface area contributed by atoms with Gasteiger partial charge in [0, 0.05) is 18.7 Å². The Labute approximate surface area is 155 Å². The first-order chi connectivity index (χ1) is 12.5. The van der Waals surface area contributed by atoms with E-state index < -0.39 is 11.7 Å². The third kappa shape index (κ3) is 3.80. The fraction of sp³-hybridized carbons (Fsp3) is 0.263. The van der Waals surface area contributed by atoms with Crippen molar-refractivity contribution in [3.63, 3.8) is 0 Å². The second-order valence-electron chi connectivity index (χ2n) is 5.97. The molecule has 1 heterocycles. The van der Waals surface area contributed by atoms with Gasteiger partial charge >= 0.3 is 0 Å². The van der Waals surface area contributed by atoms with Crippen LogP contribution >= 0.6 is 11.6 Å². The number of carbonyl (C=O) groups excluding carboxylic acids is 2. The van der Waals surface area contributed by atoms with E-state index in [0.717, 1.165) is 18.9 Å². The molecule has 0 atom stereocenters. The van der Waals surface area contributed by atoms with Crippen LogP contribution in [0.15, 0.2) is 36.4 Å². The number of amides is 2. The number of halogens is 2. The Bertz CT molecular complexity index is 857. The number of nitrogens with zero attached hydrogens (tertiary/aromatic N) is 1. The van der Waals surface area contributed by atoms with Crippen LogP contribution in [0.1, 0.15) is 29.6 Å². The number of ether oxygens (including phenoxy) is 1. The summed E-state index contributed by atoms with van der Waals surface area (Å²) in [5.41, 5.74) is 1.27. The Balaban J connectivity index is 1.87. The molecule has 7 heteroatoms. The quantitative estimate of drug-likeness (QED) is 0.867. The minimum Gasteiger partial charge on any atom is -0.495 e. The number of carbonyl (C=O) groups is 2. The highest BCUT2D eigenvalue weighted by Gasteiger charge is 2.23. The molecule has 26 heavy (non-hydrogen) atoms. The normalized spacial score (nSPS) is 14.3. The molecule has 1 N–H and O–H groups in total. The molecule has 0 aliphatic carbocycles. The Morgan fingerprint density at radius 2 is 2.04 bits per heavy atom. The van der Waals surface area contributed by atoms with E-state index in [-0.39, 0.29) is 16.5 Å². The van der Waals surface area contributed by atoms with Crippen LogP contribution in [0.5, 0.6) is 5.75 Å². The standard InChI is InChI=1S/C19H18ClFN2O3/c1-26-17-8-6-13(11-16(17)23-9-3-2-4-18(23)24)22-19(25)14-7-5-12(21)10-15(14)20/h5-8,10-11H,2-4,9H2,1H3,(H,22,25). The van der Waals surface area contributed by atoms with E-state index in [2.05, 4.69) is 5.32 Å². The van der Waals surface area contributed by atoms with Gasteiger partial charge in [-0.25, -0.2) is 4.39 Å². The zero-order valence-electron chi connectivity index (χ0n) is 14.2. The van der Waals surface area contributed by atoms with E-state index in [1.54, 1.807) is 23.1 Å². The van der Waals surface area contributed by atoms with Gasteiger partial charge in [-0.3, -0.25) is 9.59 Å². The molecule has 136 valence electrons. The van der Waals surface area contributed by atoms with E-state index in [1.165, 1.54) is 19.2 Å². The molecule has 2 amide bonds. The van der Waals surface area contributed by atoms with Crippen molar-refractivity contribution >= 4 is 34.8 Å². The third-order valence-electron chi connectivity index (χ3n) is 4.23. The van der Waals surface area contributed by atoms with Gasteiger partial charge in [0.15, 0.2) is 0 Å². The maximum Gasteiger partial charge on any atom is 0.257 e. The largest absolute Gasteiger partial charge is 0.495 e. The van der Waals surface area contributed by atoms with E-state index in [0.29, 0.717) is 30.1 Å². The van der Waals surface area contributed by atoms with E-state index in [4.69, 9.17) is 16.3 Å². The smallest absolute Gasteiger partial charge is 0.257 e. The zero-order chi connectivity index (χ0) is 18.7. The highest BCUT2D eigenvalue weighted by molar-refractivity contribution is 6.34. The van der Waals surface area contributed by atoms with Crippen molar-refractivity contribution in [1.29, 1.82) is 0 Å². The second kappa shape index (κ2) is 7.74. The van der Waals surface area contributed by atoms with Crippen molar-refractivity contribution in [1.82, 2.24) is 0 Å². The van der Waals surface area contributed by atoms with Crippen molar-refractivity contribution in [2.75, 3.05) is 23.9 Å². The topological polar surface area (TPSA) is 58.6 Å². The van der Waals surface area contributed by atoms with E-state index >= 15 is 0 Å². The van der Waals surface area contributed by atoms with Crippen LogP contribution in [0, 0.1) is 5.82 Å². The molecule has 0 bridgehead atoms. The first-order valence-electron chi connectivity index (χ1n) is 8.24. The number of rotatable bonds is 4. The van der Waals surface area contributed by atoms with Crippen LogP contribution in [-0.4, -0.2) is 25.5 Å². The lowest BCUT2D eigenvalue weighted by Crippen LogP contribution is -2.35. The number of hydrogen-bond donors (Lipinski definition) is 1. The van der Waals surface area contributed by atoms with Crippen LogP contribution in [-0.2, 0) is 4.79 Å². The molecule has 5 nitrogen and oxygen atoms in total. The maximum absolute atomic E-state index is 13.1. The molecule has 1 aliphatic rings. The predicted octanol–water partition coefficient (Wildman–Crippen LogP) is 4.26. The molecule has 1 saturated heterocycles. The monoisotopic (exact) mass is 376 g/mol. The lowest BCUT2D eigenvalue weighted by Gasteiger charge is -2.28. The minimum atomic E-state index is -0.512. The van der Waals surface area contributed by atoms with Gasteiger partial charge in [0.25, 0.3) is 5.91 Å². The molecule has 0 spiro atoms. The summed E-state index contributed by atoms with van der Waals surface area (Å²) in [5.74, 6) is -0.393. The highest BCUT2D eigenvalue weighted by atomic mass is 35.5. The average molecular weight is 377 g/mol. The third-order valence-corrected chi connectivity index (χ3v) is 4.54. The Morgan fingerprint density at radius 1 is 1.23 bits per heavy atom. The molecule has 0 radical (unpaired) electrons. The highest BCUT2D eigenvalue weighted by Crippen LogP contribution is 2.34. The van der Waals surface area contributed by atoms with Crippen molar-refractivity contribution in [3.8, 4) is 5.75 Å². The lowest BCUT2D eigenvalue weighted by atomic mass is 10.1. The zero-order valence-corrected chi connectivity index (χ0v) is 15.0. The molecule has 2 aromatic carbocycles. The molecule has 0 saturated carbocycles. The van der Waals surface area contributed by atoms with Gasteiger partial charge in [-0.05, 0) is 49.2 Å². The Kier molecular flexibility index (Phi) is 5.42. The number of nitrogens with one attached hydrogen (secondary N) is 1. The summed E-state index contributed by atoms with van der Waals surface area (Å²) in [7, 11) is 1.53. The fourth-order valence-corrected chi connectivity index (χ4v) is 3.16. The Hall–Kier alpha value is -2.60. The van der Waals surface area contributed by atoms with Crippen LogP contribution in [0.2, 0.25) is 5.02 Å². The van der Waals surface area contributed by atoms with Crippen molar-refractivity contribution in [2.45, 2.75) is 19.3 Å². The van der Waals surface area contributed by atoms with Crippen LogP contribution < -0.4 is 15.0 Å². The minimum absolute atomic E-state index is 0.0274. The van der Waals surface area contributed by atoms with Gasteiger partial charge in [-0.2, -0.15) is 0 Å². The fourth-order valence-electron chi connectivity index (χ4n) is 2.91. The van der Waals surface area contributed by atoms with E-state index in [9.17, 15) is 14.0 Å². The Morgan fingerprint density at radius 3 is 2.73 bits per heavy atom. The van der Waals surface area contributed by atoms with Gasteiger partial charge in [-0.15, -0.1) is 0 Å². The molecule has 1 fully saturated rings. The predicted molar refractivity (Wildman–Crippen MR) is 98.6 cm³/mol. The molecule has 1 aliphatic heterocycles. The number of hydrogen-bond acceptors (Lipinski definition) is 3. The van der Waals surface area contributed by atoms with Gasteiger partial charge in [-0.1, -0.05) is 11.6 Å². The summed E-state index contributed by atoms with van der Waals surface area (Å²) in [6, 6.07) is 8.64. The number of benzene rings is 2. The van der Waals surface area contributed by atoms with Crippen molar-refractivity contribution in [2.24, 2.45) is 0 Å². The van der Waals surface area contributed by atoms with Gasteiger partial charge < -0.3 is 15.0 Å². The molecule has 2 aromatic rings. The van der Waals surface area contributed by atoms with Crippen LogP contribution in [0.25, 0.3) is 0 Å². The summed E-state index contributed by atoms with van der Waals surface area (Å²) in [5, 5.41) is 2.75. The molecule has 0 unspecified atom stereocenters. The van der Waals surface area contributed by atoms with Crippen molar-refractivity contribution in [3.05, 3.63) is 52.8 Å². The second-order valence-corrected chi connectivity index (χ2v) is 6.37. The number of methoxy groups -OCH3 is 1. The molecular formula is C19H18ClFN2O3. The summed E-state index contributed by atoms with van der Waals surface area (Å²) >= 11 is 5.94. The summed E-state index contributed by atoms with van der Waals surface area (Å²) in [6.07, 6.45) is 2.28. The van der Waals surface area contributed by atoms with Gasteiger partial charge in [0.05, 0.1) is 23.4 Å². The van der Waals surface area contributed by atoms with Gasteiger partial charge in [0.2, 0.25) is 5.91 Å². The number of piperidine rings is 1. The van der Waals surface area contributed by atoms with E-state index in [1.807, 2.05) is 0 Å². The van der Waals surface area contributed by atoms with Gasteiger partial charge in [0.1, 0.15) is 11.6 Å². The SMILES string of the molecule is COc1ccc(NC(=O)c2ccc(F)cc2Cl)cc1N1CCCCC1=O. The summed E-state index contributed by atoms with van der Waals surface area (Å²) < 4.78 is 18.5. The number of anilines is 2. The molecule has 3 rings (SSSR count). The summed E-state index contributed by atoms with van der Waals surface area (Å²) in [4.78, 5) is 26.3. The average Bonchev–Trinajstić information content (AvgIpc) is 2.62. The van der Waals surface area contributed by atoms with Crippen molar-refractivity contribution < 1.29 is 18.7 Å². The lowest BCUT2D eigenvalue weighted by molar-refractivity contribution is -0.119.